The molecule has 0 aromatic heterocycles. The van der Waals surface area contributed by atoms with Crippen LogP contribution in [0.1, 0.15) is 37.0 Å². The third-order valence-corrected chi connectivity index (χ3v) is 5.06. The van der Waals surface area contributed by atoms with E-state index in [0.29, 0.717) is 6.54 Å². The summed E-state index contributed by atoms with van der Waals surface area (Å²) in [6, 6.07) is 29.3. The van der Waals surface area contributed by atoms with E-state index < -0.39 is 6.10 Å². The fourth-order valence-electron chi connectivity index (χ4n) is 3.56. The van der Waals surface area contributed by atoms with Gasteiger partial charge in [0.25, 0.3) is 0 Å². The molecule has 3 aromatic rings. The predicted molar refractivity (Wildman–Crippen MR) is 126 cm³/mol. The topological polar surface area (TPSA) is 41.5 Å². The quantitative estimate of drug-likeness (QED) is 0.447. The second kappa shape index (κ2) is 11.3. The van der Waals surface area contributed by atoms with E-state index in [0.717, 1.165) is 24.3 Å². The minimum absolute atomic E-state index is 0.276. The lowest BCUT2D eigenvalue weighted by Gasteiger charge is -2.17. The van der Waals surface area contributed by atoms with Gasteiger partial charge >= 0.3 is 0 Å². The van der Waals surface area contributed by atoms with Crippen LogP contribution >= 0.6 is 0 Å². The SMILES string of the molecule is CCNCC(O)COc1ccc(C(=C(CC)c2ccccc2)c2ccccc2)cc1. The summed E-state index contributed by atoms with van der Waals surface area (Å²) in [7, 11) is 0. The number of benzene rings is 3. The molecule has 0 aliphatic rings. The van der Waals surface area contributed by atoms with Gasteiger partial charge in [0.1, 0.15) is 18.5 Å². The minimum atomic E-state index is -0.519. The fraction of sp³-hybridized carbons (Fsp3) is 0.259. The summed E-state index contributed by atoms with van der Waals surface area (Å²) in [5, 5.41) is 13.1. The van der Waals surface area contributed by atoms with Crippen molar-refractivity contribution >= 4 is 11.1 Å². The highest BCUT2D eigenvalue weighted by Crippen LogP contribution is 2.34. The molecule has 0 heterocycles. The van der Waals surface area contributed by atoms with E-state index in [1.165, 1.54) is 22.3 Å². The number of allylic oxidation sites excluding steroid dienone is 1. The van der Waals surface area contributed by atoms with Gasteiger partial charge in [0.15, 0.2) is 0 Å². The molecule has 30 heavy (non-hydrogen) atoms. The van der Waals surface area contributed by atoms with Gasteiger partial charge in [-0.15, -0.1) is 0 Å². The van der Waals surface area contributed by atoms with E-state index in [2.05, 4.69) is 79.0 Å². The molecule has 0 fully saturated rings. The van der Waals surface area contributed by atoms with E-state index in [1.54, 1.807) is 0 Å². The molecule has 3 nitrogen and oxygen atoms in total. The number of hydrogen-bond donors (Lipinski definition) is 2. The summed E-state index contributed by atoms with van der Waals surface area (Å²) in [5.41, 5.74) is 6.15. The molecule has 0 saturated carbocycles. The van der Waals surface area contributed by atoms with Crippen LogP contribution in [-0.4, -0.2) is 30.9 Å². The van der Waals surface area contributed by atoms with Crippen LogP contribution < -0.4 is 10.1 Å². The Hall–Kier alpha value is -2.88. The Labute approximate surface area is 180 Å². The number of hydrogen-bond acceptors (Lipinski definition) is 3. The van der Waals surface area contributed by atoms with Crippen molar-refractivity contribution in [1.29, 1.82) is 0 Å². The molecule has 0 amide bonds. The number of aliphatic hydroxyl groups excluding tert-OH is 1. The van der Waals surface area contributed by atoms with Crippen molar-refractivity contribution in [2.75, 3.05) is 19.7 Å². The van der Waals surface area contributed by atoms with Gasteiger partial charge in [0.2, 0.25) is 0 Å². The first-order valence-electron chi connectivity index (χ1n) is 10.7. The first-order valence-corrected chi connectivity index (χ1v) is 10.7. The highest BCUT2D eigenvalue weighted by molar-refractivity contribution is 5.98. The Bertz CT molecular complexity index is 918. The maximum absolute atomic E-state index is 9.97. The van der Waals surface area contributed by atoms with Crippen LogP contribution in [-0.2, 0) is 0 Å². The highest BCUT2D eigenvalue weighted by Gasteiger charge is 2.13. The molecule has 3 rings (SSSR count). The standard InChI is InChI=1S/C27H31NO2/c1-3-26(21-11-7-5-8-12-21)27(22-13-9-6-10-14-22)23-15-17-25(18-16-23)30-20-24(29)19-28-4-2/h5-18,24,28-29H,3-4,19-20H2,1-2H3. The summed E-state index contributed by atoms with van der Waals surface area (Å²) in [6.45, 7) is 5.87. The van der Waals surface area contributed by atoms with Crippen LogP contribution in [0.5, 0.6) is 5.75 Å². The lowest BCUT2D eigenvalue weighted by Crippen LogP contribution is -2.31. The molecule has 0 bridgehead atoms. The van der Waals surface area contributed by atoms with Gasteiger partial charge in [0, 0.05) is 6.54 Å². The monoisotopic (exact) mass is 401 g/mol. The molecule has 0 saturated heterocycles. The summed E-state index contributed by atoms with van der Waals surface area (Å²) in [4.78, 5) is 0. The Morgan fingerprint density at radius 2 is 1.37 bits per heavy atom. The Kier molecular flexibility index (Phi) is 8.25. The molecular weight excluding hydrogens is 370 g/mol. The number of rotatable bonds is 10. The largest absolute Gasteiger partial charge is 0.491 e. The normalized spacial score (nSPS) is 12.9. The van der Waals surface area contributed by atoms with Crippen molar-refractivity contribution < 1.29 is 9.84 Å². The molecule has 0 spiro atoms. The number of ether oxygens (including phenoxy) is 1. The second-order valence-electron chi connectivity index (χ2n) is 7.24. The lowest BCUT2D eigenvalue weighted by atomic mass is 9.88. The molecular formula is C27H31NO2. The van der Waals surface area contributed by atoms with Gasteiger partial charge in [-0.1, -0.05) is 86.6 Å². The number of aliphatic hydroxyl groups is 1. The van der Waals surface area contributed by atoms with Gasteiger partial charge in [0.05, 0.1) is 0 Å². The average molecular weight is 402 g/mol. The summed E-state index contributed by atoms with van der Waals surface area (Å²) < 4.78 is 5.77. The second-order valence-corrected chi connectivity index (χ2v) is 7.24. The van der Waals surface area contributed by atoms with E-state index in [-0.39, 0.29) is 6.61 Å². The first kappa shape index (κ1) is 21.8. The zero-order chi connectivity index (χ0) is 21.2. The molecule has 0 aliphatic carbocycles. The Morgan fingerprint density at radius 1 is 0.800 bits per heavy atom. The zero-order valence-corrected chi connectivity index (χ0v) is 17.8. The molecule has 156 valence electrons. The van der Waals surface area contributed by atoms with Gasteiger partial charge in [-0.3, -0.25) is 0 Å². The van der Waals surface area contributed by atoms with Gasteiger partial charge in [-0.05, 0) is 52.9 Å². The van der Waals surface area contributed by atoms with Crippen LogP contribution in [0, 0.1) is 0 Å². The van der Waals surface area contributed by atoms with Crippen LogP contribution in [0.2, 0.25) is 0 Å². The van der Waals surface area contributed by atoms with Crippen LogP contribution in [0.4, 0.5) is 0 Å². The number of likely N-dealkylation sites (N-methyl/N-ethyl adjacent to an activating group) is 1. The fourth-order valence-corrected chi connectivity index (χ4v) is 3.56. The maximum Gasteiger partial charge on any atom is 0.119 e. The van der Waals surface area contributed by atoms with E-state index >= 15 is 0 Å². The van der Waals surface area contributed by atoms with Crippen molar-refractivity contribution in [3.63, 3.8) is 0 Å². The van der Waals surface area contributed by atoms with E-state index in [9.17, 15) is 5.11 Å². The van der Waals surface area contributed by atoms with Crippen LogP contribution in [0.25, 0.3) is 11.1 Å². The minimum Gasteiger partial charge on any atom is -0.491 e. The first-order chi connectivity index (χ1) is 14.7. The summed E-state index contributed by atoms with van der Waals surface area (Å²) in [6.07, 6.45) is 0.414. The third-order valence-electron chi connectivity index (χ3n) is 5.06. The van der Waals surface area contributed by atoms with Crippen molar-refractivity contribution in [2.24, 2.45) is 0 Å². The van der Waals surface area contributed by atoms with Crippen molar-refractivity contribution in [3.05, 3.63) is 102 Å². The van der Waals surface area contributed by atoms with Gasteiger partial charge in [-0.2, -0.15) is 0 Å². The van der Waals surface area contributed by atoms with Crippen molar-refractivity contribution in [2.45, 2.75) is 26.4 Å². The average Bonchev–Trinajstić information content (AvgIpc) is 2.81. The summed E-state index contributed by atoms with van der Waals surface area (Å²) >= 11 is 0. The summed E-state index contributed by atoms with van der Waals surface area (Å²) in [5.74, 6) is 0.763. The molecule has 0 radical (unpaired) electrons. The van der Waals surface area contributed by atoms with Crippen molar-refractivity contribution in [3.8, 4) is 5.75 Å². The highest BCUT2D eigenvalue weighted by atomic mass is 16.5. The maximum atomic E-state index is 9.97. The molecule has 2 N–H and O–H groups in total. The zero-order valence-electron chi connectivity index (χ0n) is 17.8. The molecule has 0 aliphatic heterocycles. The van der Waals surface area contributed by atoms with E-state index in [1.807, 2.05) is 25.1 Å². The van der Waals surface area contributed by atoms with Crippen molar-refractivity contribution in [1.82, 2.24) is 5.32 Å². The van der Waals surface area contributed by atoms with E-state index in [4.69, 9.17) is 4.74 Å². The Balaban J connectivity index is 1.91. The van der Waals surface area contributed by atoms with Gasteiger partial charge in [-0.25, -0.2) is 0 Å². The molecule has 1 atom stereocenters. The van der Waals surface area contributed by atoms with Gasteiger partial charge < -0.3 is 15.2 Å². The van der Waals surface area contributed by atoms with Crippen LogP contribution in [0.15, 0.2) is 84.9 Å². The van der Waals surface area contributed by atoms with Crippen LogP contribution in [0.3, 0.4) is 0 Å². The molecule has 1 unspecified atom stereocenters. The lowest BCUT2D eigenvalue weighted by molar-refractivity contribution is 0.107. The molecule has 3 heteroatoms. The smallest absolute Gasteiger partial charge is 0.119 e. The molecule has 3 aromatic carbocycles. The predicted octanol–water partition coefficient (Wildman–Crippen LogP) is 5.40. The third kappa shape index (κ3) is 5.82. The number of nitrogens with one attached hydrogen (secondary N) is 1. The Morgan fingerprint density at radius 3 is 1.93 bits per heavy atom.